The summed E-state index contributed by atoms with van der Waals surface area (Å²) >= 11 is 6.16. The number of alkyl halides is 3. The third-order valence-corrected chi connectivity index (χ3v) is 4.06. The lowest BCUT2D eigenvalue weighted by atomic mass is 10.1. The Kier molecular flexibility index (Phi) is 4.62. The van der Waals surface area contributed by atoms with E-state index >= 15 is 0 Å². The normalized spacial score (nSPS) is 11.8. The average molecular weight is 382 g/mol. The molecule has 0 bridgehead atoms. The zero-order valence-electron chi connectivity index (χ0n) is 14.0. The molecule has 2 N–H and O–H groups in total. The molecule has 0 unspecified atom stereocenters. The molecule has 2 heterocycles. The molecule has 0 radical (unpaired) electrons. The van der Waals surface area contributed by atoms with E-state index in [4.69, 9.17) is 17.3 Å². The van der Waals surface area contributed by atoms with Crippen LogP contribution in [-0.2, 0) is 12.6 Å². The monoisotopic (exact) mass is 381 g/mol. The second-order valence-corrected chi connectivity index (χ2v) is 6.35. The van der Waals surface area contributed by atoms with Gasteiger partial charge in [0.25, 0.3) is 5.82 Å². The number of nitrogen functional groups attached to an aromatic ring is 1. The number of hydrogen-bond acceptors (Lipinski definition) is 4. The van der Waals surface area contributed by atoms with E-state index in [-0.39, 0.29) is 23.1 Å². The van der Waals surface area contributed by atoms with Gasteiger partial charge in [-0.2, -0.15) is 17.9 Å². The molecule has 0 amide bonds. The van der Waals surface area contributed by atoms with Gasteiger partial charge in [0.05, 0.1) is 5.02 Å². The molecule has 3 rings (SSSR count). The van der Waals surface area contributed by atoms with Crippen molar-refractivity contribution < 1.29 is 13.2 Å². The van der Waals surface area contributed by atoms with E-state index in [2.05, 4.69) is 15.1 Å². The maximum Gasteiger partial charge on any atom is 0.453 e. The van der Waals surface area contributed by atoms with Crippen LogP contribution in [0.3, 0.4) is 0 Å². The molecule has 0 aliphatic carbocycles. The fourth-order valence-corrected chi connectivity index (χ4v) is 2.76. The van der Waals surface area contributed by atoms with Gasteiger partial charge in [-0.05, 0) is 42.7 Å². The van der Waals surface area contributed by atoms with Crippen LogP contribution in [0.4, 0.5) is 18.9 Å². The number of nitrogens with zero attached hydrogens (tertiary/aromatic N) is 4. The maximum atomic E-state index is 13.1. The van der Waals surface area contributed by atoms with E-state index in [1.54, 1.807) is 31.2 Å². The first kappa shape index (κ1) is 18.2. The number of aryl methyl sites for hydroxylation is 2. The molecular weight excluding hydrogens is 367 g/mol. The van der Waals surface area contributed by atoms with Crippen LogP contribution < -0.4 is 5.73 Å². The van der Waals surface area contributed by atoms with Gasteiger partial charge in [-0.25, -0.2) is 9.97 Å². The Balaban J connectivity index is 2.10. The van der Waals surface area contributed by atoms with Crippen molar-refractivity contribution in [3.63, 3.8) is 0 Å². The summed E-state index contributed by atoms with van der Waals surface area (Å²) in [6.45, 7) is 3.60. The van der Waals surface area contributed by atoms with Crippen LogP contribution >= 0.6 is 11.6 Å². The van der Waals surface area contributed by atoms with Crippen LogP contribution in [0.25, 0.3) is 5.82 Å². The molecule has 5 nitrogen and oxygen atoms in total. The first-order chi connectivity index (χ1) is 12.1. The Hall–Kier alpha value is -2.61. The summed E-state index contributed by atoms with van der Waals surface area (Å²) < 4.78 is 40.4. The van der Waals surface area contributed by atoms with Crippen LogP contribution in [0, 0.1) is 13.8 Å². The summed E-state index contributed by atoms with van der Waals surface area (Å²) in [5.41, 5.74) is 8.76. The molecule has 1 aromatic carbocycles. The van der Waals surface area contributed by atoms with Gasteiger partial charge in [-0.3, -0.25) is 0 Å². The predicted molar refractivity (Wildman–Crippen MR) is 92.3 cm³/mol. The molecule has 136 valence electrons. The molecule has 9 heteroatoms. The van der Waals surface area contributed by atoms with Crippen molar-refractivity contribution in [3.8, 4) is 5.82 Å². The molecular formula is C17H15ClF3N5. The van der Waals surface area contributed by atoms with E-state index in [9.17, 15) is 13.2 Å². The second kappa shape index (κ2) is 6.60. The van der Waals surface area contributed by atoms with E-state index in [0.29, 0.717) is 5.69 Å². The first-order valence-corrected chi connectivity index (χ1v) is 8.03. The summed E-state index contributed by atoms with van der Waals surface area (Å²) in [5.74, 6) is -1.06. The van der Waals surface area contributed by atoms with E-state index < -0.39 is 12.0 Å². The Morgan fingerprint density at radius 1 is 1.19 bits per heavy atom. The van der Waals surface area contributed by atoms with Gasteiger partial charge in [0.15, 0.2) is 5.82 Å². The molecule has 0 atom stereocenters. The lowest BCUT2D eigenvalue weighted by molar-refractivity contribution is -0.144. The van der Waals surface area contributed by atoms with Crippen molar-refractivity contribution in [2.45, 2.75) is 26.4 Å². The number of benzene rings is 1. The summed E-state index contributed by atoms with van der Waals surface area (Å²) in [6, 6.07) is 6.84. The number of hydrogen-bond donors (Lipinski definition) is 1. The summed E-state index contributed by atoms with van der Waals surface area (Å²) in [5, 5.41) is 3.78. The van der Waals surface area contributed by atoms with E-state index in [0.717, 1.165) is 21.4 Å². The average Bonchev–Trinajstić information content (AvgIpc) is 2.95. The highest BCUT2D eigenvalue weighted by atomic mass is 35.5. The molecule has 0 aliphatic heterocycles. The molecule has 0 aliphatic rings. The molecule has 0 fully saturated rings. The van der Waals surface area contributed by atoms with Gasteiger partial charge in [0.1, 0.15) is 5.82 Å². The predicted octanol–water partition coefficient (Wildman–Crippen LogP) is 4.12. The molecule has 3 aromatic rings. The third kappa shape index (κ3) is 3.65. The number of halogens is 4. The standard InChI is InChI=1S/C17H15ClF3N5/c1-9-5-12(18)15(23-8-9)26-14(24-16(25-26)17(19,20)21)7-11-3-4-13(22)10(2)6-11/h3-6,8H,7,22H2,1-2H3. The van der Waals surface area contributed by atoms with Crippen molar-refractivity contribution >= 4 is 17.3 Å². The Labute approximate surface area is 152 Å². The highest BCUT2D eigenvalue weighted by molar-refractivity contribution is 6.32. The second-order valence-electron chi connectivity index (χ2n) is 5.95. The van der Waals surface area contributed by atoms with Crippen molar-refractivity contribution in [3.05, 3.63) is 63.8 Å². The molecule has 0 saturated heterocycles. The minimum atomic E-state index is -4.67. The van der Waals surface area contributed by atoms with Gasteiger partial charge in [0, 0.05) is 18.3 Å². The molecule has 2 aromatic heterocycles. The van der Waals surface area contributed by atoms with Crippen LogP contribution in [0.2, 0.25) is 5.02 Å². The maximum absolute atomic E-state index is 13.1. The Morgan fingerprint density at radius 2 is 1.92 bits per heavy atom. The van der Waals surface area contributed by atoms with Crippen molar-refractivity contribution in [2.24, 2.45) is 0 Å². The number of anilines is 1. The van der Waals surface area contributed by atoms with Crippen LogP contribution in [0.5, 0.6) is 0 Å². The minimum absolute atomic E-state index is 0.0831. The van der Waals surface area contributed by atoms with Crippen molar-refractivity contribution in [2.75, 3.05) is 5.73 Å². The highest BCUT2D eigenvalue weighted by Gasteiger charge is 2.37. The fraction of sp³-hybridized carbons (Fsp3) is 0.235. The zero-order chi connectivity index (χ0) is 19.1. The smallest absolute Gasteiger partial charge is 0.399 e. The quantitative estimate of drug-likeness (QED) is 0.693. The molecule has 26 heavy (non-hydrogen) atoms. The SMILES string of the molecule is Cc1cnc(-n2nc(C(F)(F)F)nc2Cc2ccc(N)c(C)c2)c(Cl)c1. The van der Waals surface area contributed by atoms with E-state index in [1.807, 2.05) is 6.92 Å². The largest absolute Gasteiger partial charge is 0.453 e. The Morgan fingerprint density at radius 3 is 2.54 bits per heavy atom. The summed E-state index contributed by atoms with van der Waals surface area (Å²) in [7, 11) is 0. The van der Waals surface area contributed by atoms with Crippen LogP contribution in [0.15, 0.2) is 30.5 Å². The third-order valence-electron chi connectivity index (χ3n) is 3.78. The van der Waals surface area contributed by atoms with Gasteiger partial charge in [-0.1, -0.05) is 23.7 Å². The van der Waals surface area contributed by atoms with Crippen molar-refractivity contribution in [1.29, 1.82) is 0 Å². The molecule has 0 saturated carbocycles. The van der Waals surface area contributed by atoms with Gasteiger partial charge >= 0.3 is 6.18 Å². The lowest BCUT2D eigenvalue weighted by Crippen LogP contribution is -2.09. The van der Waals surface area contributed by atoms with Crippen molar-refractivity contribution in [1.82, 2.24) is 19.7 Å². The van der Waals surface area contributed by atoms with Gasteiger partial charge in [0.2, 0.25) is 0 Å². The van der Waals surface area contributed by atoms with Crippen LogP contribution in [-0.4, -0.2) is 19.7 Å². The summed E-state index contributed by atoms with van der Waals surface area (Å²) in [4.78, 5) is 7.78. The highest BCUT2D eigenvalue weighted by Crippen LogP contribution is 2.29. The lowest BCUT2D eigenvalue weighted by Gasteiger charge is -2.08. The Bertz CT molecular complexity index is 966. The fourth-order valence-electron chi connectivity index (χ4n) is 2.46. The molecule has 0 spiro atoms. The first-order valence-electron chi connectivity index (χ1n) is 7.66. The van der Waals surface area contributed by atoms with Gasteiger partial charge in [-0.15, -0.1) is 5.10 Å². The van der Waals surface area contributed by atoms with Gasteiger partial charge < -0.3 is 5.73 Å². The minimum Gasteiger partial charge on any atom is -0.399 e. The number of pyridine rings is 1. The summed E-state index contributed by atoms with van der Waals surface area (Å²) in [6.07, 6.45) is -3.04. The topological polar surface area (TPSA) is 69.6 Å². The number of nitrogens with two attached hydrogens (primary N) is 1. The number of aromatic nitrogens is 4. The number of rotatable bonds is 3. The zero-order valence-corrected chi connectivity index (χ0v) is 14.7. The van der Waals surface area contributed by atoms with E-state index in [1.165, 1.54) is 6.20 Å². The van der Waals surface area contributed by atoms with Crippen LogP contribution in [0.1, 0.15) is 28.3 Å².